The molecule has 0 bridgehead atoms. The van der Waals surface area contributed by atoms with Gasteiger partial charge < -0.3 is 10.4 Å². The fraction of sp³-hybridized carbons (Fsp3) is 0.600. The minimum Gasteiger partial charge on any atom is -0.388 e. The average Bonchev–Trinajstić information content (AvgIpc) is 2.57. The SMILES string of the molecule is Cc1nn(C)c(Cl)c1C=CC(=O)NCC(C)(O)CC(C)C. The van der Waals surface area contributed by atoms with E-state index < -0.39 is 5.60 Å². The number of nitrogens with one attached hydrogen (secondary N) is 1. The van der Waals surface area contributed by atoms with Crippen molar-refractivity contribution in [3.05, 3.63) is 22.5 Å². The van der Waals surface area contributed by atoms with E-state index in [1.165, 1.54) is 6.08 Å². The Morgan fingerprint density at radius 1 is 1.57 bits per heavy atom. The molecular weight excluding hydrogens is 290 g/mol. The Labute approximate surface area is 131 Å². The maximum Gasteiger partial charge on any atom is 0.244 e. The highest BCUT2D eigenvalue weighted by atomic mass is 35.5. The minimum absolute atomic E-state index is 0.216. The van der Waals surface area contributed by atoms with Crippen LogP contribution in [-0.4, -0.2) is 32.9 Å². The molecule has 2 N–H and O–H groups in total. The second kappa shape index (κ2) is 7.09. The van der Waals surface area contributed by atoms with Gasteiger partial charge in [0.15, 0.2) is 0 Å². The quantitative estimate of drug-likeness (QED) is 0.792. The van der Waals surface area contributed by atoms with Gasteiger partial charge >= 0.3 is 0 Å². The molecule has 1 amide bonds. The molecule has 1 unspecified atom stereocenters. The van der Waals surface area contributed by atoms with Crippen molar-refractivity contribution in [2.75, 3.05) is 6.54 Å². The first-order valence-electron chi connectivity index (χ1n) is 7.00. The molecule has 1 atom stereocenters. The summed E-state index contributed by atoms with van der Waals surface area (Å²) in [7, 11) is 1.75. The van der Waals surface area contributed by atoms with Crippen LogP contribution in [0.5, 0.6) is 0 Å². The molecular formula is C15H24ClN3O2. The van der Waals surface area contributed by atoms with E-state index in [-0.39, 0.29) is 12.5 Å². The summed E-state index contributed by atoms with van der Waals surface area (Å²) in [6.45, 7) is 7.83. The lowest BCUT2D eigenvalue weighted by molar-refractivity contribution is -0.117. The van der Waals surface area contributed by atoms with E-state index in [2.05, 4.69) is 10.4 Å². The number of amides is 1. The van der Waals surface area contributed by atoms with Crippen LogP contribution in [0.4, 0.5) is 0 Å². The molecule has 1 rings (SSSR count). The van der Waals surface area contributed by atoms with Crippen LogP contribution in [-0.2, 0) is 11.8 Å². The second-order valence-electron chi connectivity index (χ2n) is 6.06. The smallest absolute Gasteiger partial charge is 0.244 e. The molecule has 0 spiro atoms. The van der Waals surface area contributed by atoms with Crippen molar-refractivity contribution in [1.29, 1.82) is 0 Å². The molecule has 0 aromatic carbocycles. The van der Waals surface area contributed by atoms with Gasteiger partial charge in [-0.1, -0.05) is 25.4 Å². The van der Waals surface area contributed by atoms with Crippen molar-refractivity contribution in [2.24, 2.45) is 13.0 Å². The Balaban J connectivity index is 2.60. The third-order valence-corrected chi connectivity index (χ3v) is 3.54. The summed E-state index contributed by atoms with van der Waals surface area (Å²) in [5.41, 5.74) is 0.584. The number of hydrogen-bond donors (Lipinski definition) is 2. The van der Waals surface area contributed by atoms with E-state index in [9.17, 15) is 9.90 Å². The summed E-state index contributed by atoms with van der Waals surface area (Å²) >= 11 is 6.08. The largest absolute Gasteiger partial charge is 0.388 e. The van der Waals surface area contributed by atoms with E-state index >= 15 is 0 Å². The van der Waals surface area contributed by atoms with Crippen LogP contribution in [0.1, 0.15) is 38.4 Å². The molecule has 0 saturated carbocycles. The summed E-state index contributed by atoms with van der Waals surface area (Å²) < 4.78 is 1.56. The van der Waals surface area contributed by atoms with Crippen LogP contribution in [0, 0.1) is 12.8 Å². The zero-order chi connectivity index (χ0) is 16.2. The maximum absolute atomic E-state index is 11.8. The Bertz CT molecular complexity index is 533. The lowest BCUT2D eigenvalue weighted by Gasteiger charge is -2.25. The fourth-order valence-corrected chi connectivity index (χ4v) is 2.52. The van der Waals surface area contributed by atoms with E-state index in [1.54, 1.807) is 24.7 Å². The summed E-state index contributed by atoms with van der Waals surface area (Å²) in [6, 6.07) is 0. The number of rotatable bonds is 6. The maximum atomic E-state index is 11.8. The number of hydrogen-bond acceptors (Lipinski definition) is 3. The van der Waals surface area contributed by atoms with E-state index in [1.807, 2.05) is 20.8 Å². The Kier molecular flexibility index (Phi) is 5.98. The van der Waals surface area contributed by atoms with Crippen LogP contribution in [0.15, 0.2) is 6.08 Å². The van der Waals surface area contributed by atoms with Crippen LogP contribution in [0.3, 0.4) is 0 Å². The van der Waals surface area contributed by atoms with Gasteiger partial charge in [0, 0.05) is 25.2 Å². The number of carbonyl (C=O) groups excluding carboxylic acids is 1. The van der Waals surface area contributed by atoms with E-state index in [0.717, 1.165) is 11.3 Å². The van der Waals surface area contributed by atoms with Crippen LogP contribution >= 0.6 is 11.6 Å². The number of aliphatic hydroxyl groups is 1. The first-order valence-corrected chi connectivity index (χ1v) is 7.37. The first-order chi connectivity index (χ1) is 9.62. The van der Waals surface area contributed by atoms with Crippen molar-refractivity contribution >= 4 is 23.6 Å². The average molecular weight is 314 g/mol. The number of halogens is 1. The third-order valence-electron chi connectivity index (χ3n) is 3.09. The third kappa shape index (κ3) is 5.52. The topological polar surface area (TPSA) is 67.2 Å². The summed E-state index contributed by atoms with van der Waals surface area (Å²) in [4.78, 5) is 11.8. The lowest BCUT2D eigenvalue weighted by atomic mass is 9.94. The molecule has 21 heavy (non-hydrogen) atoms. The van der Waals surface area contributed by atoms with Crippen molar-refractivity contribution < 1.29 is 9.90 Å². The highest BCUT2D eigenvalue weighted by molar-refractivity contribution is 6.31. The van der Waals surface area contributed by atoms with Gasteiger partial charge in [0.25, 0.3) is 0 Å². The van der Waals surface area contributed by atoms with Gasteiger partial charge in [-0.3, -0.25) is 9.48 Å². The Morgan fingerprint density at radius 2 is 2.19 bits per heavy atom. The first kappa shape index (κ1) is 17.7. The van der Waals surface area contributed by atoms with Gasteiger partial charge in [-0.05, 0) is 32.3 Å². The number of carbonyl (C=O) groups is 1. The molecule has 1 aromatic rings. The zero-order valence-electron chi connectivity index (χ0n) is 13.3. The normalized spacial score (nSPS) is 14.7. The van der Waals surface area contributed by atoms with Crippen LogP contribution in [0.25, 0.3) is 6.08 Å². The molecule has 1 aromatic heterocycles. The summed E-state index contributed by atoms with van der Waals surface area (Å²) in [5.74, 6) is 0.0997. The predicted octanol–water partition coefficient (Wildman–Crippen LogP) is 2.31. The van der Waals surface area contributed by atoms with Gasteiger partial charge in [0.1, 0.15) is 5.15 Å². The molecule has 5 nitrogen and oxygen atoms in total. The molecule has 118 valence electrons. The van der Waals surface area contributed by atoms with Crippen molar-refractivity contribution in [2.45, 2.75) is 39.7 Å². The van der Waals surface area contributed by atoms with Crippen molar-refractivity contribution in [3.63, 3.8) is 0 Å². The van der Waals surface area contributed by atoms with Crippen LogP contribution in [0.2, 0.25) is 5.15 Å². The highest BCUT2D eigenvalue weighted by Gasteiger charge is 2.22. The number of aryl methyl sites for hydroxylation is 2. The van der Waals surface area contributed by atoms with Gasteiger partial charge in [0.2, 0.25) is 5.91 Å². The van der Waals surface area contributed by atoms with E-state index in [4.69, 9.17) is 11.6 Å². The number of aromatic nitrogens is 2. The highest BCUT2D eigenvalue weighted by Crippen LogP contribution is 2.20. The Hall–Kier alpha value is -1.33. The van der Waals surface area contributed by atoms with Gasteiger partial charge in [0.05, 0.1) is 11.3 Å². The standard InChI is InChI=1S/C15H24ClN3O2/c1-10(2)8-15(4,21)9-17-13(20)7-6-12-11(3)18-19(5)14(12)16/h6-7,10,21H,8-9H2,1-5H3,(H,17,20). The lowest BCUT2D eigenvalue weighted by Crippen LogP contribution is -2.40. The molecule has 1 heterocycles. The molecule has 6 heteroatoms. The van der Waals surface area contributed by atoms with Crippen molar-refractivity contribution in [3.8, 4) is 0 Å². The predicted molar refractivity (Wildman–Crippen MR) is 85.1 cm³/mol. The number of nitrogens with zero attached hydrogens (tertiary/aromatic N) is 2. The molecule has 0 aliphatic carbocycles. The molecule has 0 aliphatic heterocycles. The minimum atomic E-state index is -0.903. The van der Waals surface area contributed by atoms with Gasteiger partial charge in [-0.15, -0.1) is 0 Å². The molecule has 0 saturated heterocycles. The Morgan fingerprint density at radius 3 is 2.67 bits per heavy atom. The van der Waals surface area contributed by atoms with E-state index in [0.29, 0.717) is 17.5 Å². The van der Waals surface area contributed by atoms with Crippen molar-refractivity contribution in [1.82, 2.24) is 15.1 Å². The summed E-state index contributed by atoms with van der Waals surface area (Å²) in [6.07, 6.45) is 3.67. The van der Waals surface area contributed by atoms with Gasteiger partial charge in [-0.25, -0.2) is 0 Å². The molecule has 0 aliphatic rings. The van der Waals surface area contributed by atoms with Crippen LogP contribution < -0.4 is 5.32 Å². The monoisotopic (exact) mass is 313 g/mol. The fourth-order valence-electron chi connectivity index (χ4n) is 2.28. The van der Waals surface area contributed by atoms with Gasteiger partial charge in [-0.2, -0.15) is 5.10 Å². The summed E-state index contributed by atoms with van der Waals surface area (Å²) in [5, 5.41) is 17.5. The second-order valence-corrected chi connectivity index (χ2v) is 6.42. The zero-order valence-corrected chi connectivity index (χ0v) is 14.0. The molecule has 0 radical (unpaired) electrons. The molecule has 0 fully saturated rings.